The molecule has 6 nitrogen and oxygen atoms in total. The Morgan fingerprint density at radius 1 is 1.10 bits per heavy atom. The molecule has 1 amide bonds. The molecule has 0 bridgehead atoms. The second-order valence-electron chi connectivity index (χ2n) is 8.80. The largest absolute Gasteiger partial charge is 0.481 e. The maximum atomic E-state index is 12.4. The van der Waals surface area contributed by atoms with Crippen LogP contribution in [0.25, 0.3) is 11.1 Å². The third-order valence-electron chi connectivity index (χ3n) is 6.21. The first-order chi connectivity index (χ1) is 14.3. The van der Waals surface area contributed by atoms with Crippen LogP contribution in [0.15, 0.2) is 48.5 Å². The van der Waals surface area contributed by atoms with Crippen molar-refractivity contribution in [2.45, 2.75) is 38.2 Å². The number of ether oxygens (including phenoxy) is 2. The Kier molecular flexibility index (Phi) is 5.28. The van der Waals surface area contributed by atoms with E-state index in [4.69, 9.17) is 9.47 Å². The molecule has 6 heteroatoms. The maximum absolute atomic E-state index is 12.4. The van der Waals surface area contributed by atoms with Gasteiger partial charge in [-0.3, -0.25) is 4.79 Å². The molecule has 1 atom stereocenters. The van der Waals surface area contributed by atoms with Crippen molar-refractivity contribution in [1.82, 2.24) is 5.32 Å². The molecule has 1 aliphatic heterocycles. The van der Waals surface area contributed by atoms with E-state index >= 15 is 0 Å². The Labute approximate surface area is 176 Å². The predicted molar refractivity (Wildman–Crippen MR) is 112 cm³/mol. The standard InChI is InChI=1S/C24H27NO5/c1-23(2)14-24(21(26)27,11-12-30-23)15-25-22(28)29-13-20-18-9-5-3-7-16(18)17-8-4-6-10-19(17)20/h3-10,20H,11-15H2,1-2H3,(H,25,28)(H,26,27). The second-order valence-corrected chi connectivity index (χ2v) is 8.80. The van der Waals surface area contributed by atoms with Gasteiger partial charge in [-0.25, -0.2) is 4.79 Å². The van der Waals surface area contributed by atoms with Gasteiger partial charge in [0.2, 0.25) is 0 Å². The van der Waals surface area contributed by atoms with Crippen LogP contribution >= 0.6 is 0 Å². The quantitative estimate of drug-likeness (QED) is 0.774. The second kappa shape index (κ2) is 7.76. The molecule has 0 radical (unpaired) electrons. The van der Waals surface area contributed by atoms with Crippen LogP contribution in [0.2, 0.25) is 0 Å². The molecule has 1 aliphatic carbocycles. The molecule has 2 aliphatic rings. The van der Waals surface area contributed by atoms with Crippen LogP contribution < -0.4 is 5.32 Å². The molecular weight excluding hydrogens is 382 g/mol. The van der Waals surface area contributed by atoms with E-state index in [-0.39, 0.29) is 19.1 Å². The summed E-state index contributed by atoms with van der Waals surface area (Å²) >= 11 is 0. The molecule has 1 saturated heterocycles. The molecule has 4 rings (SSSR count). The lowest BCUT2D eigenvalue weighted by atomic mass is 9.74. The lowest BCUT2D eigenvalue weighted by Crippen LogP contribution is -2.51. The first-order valence-corrected chi connectivity index (χ1v) is 10.3. The fraction of sp³-hybridized carbons (Fsp3) is 0.417. The van der Waals surface area contributed by atoms with Gasteiger partial charge in [-0.05, 0) is 48.9 Å². The number of carbonyl (C=O) groups excluding carboxylic acids is 1. The van der Waals surface area contributed by atoms with E-state index in [0.29, 0.717) is 19.4 Å². The lowest BCUT2D eigenvalue weighted by Gasteiger charge is -2.42. The normalized spacial score (nSPS) is 22.1. The Morgan fingerprint density at radius 3 is 2.27 bits per heavy atom. The number of aliphatic carboxylic acids is 1. The van der Waals surface area contributed by atoms with Gasteiger partial charge in [0.25, 0.3) is 0 Å². The zero-order chi connectivity index (χ0) is 21.4. The Balaban J connectivity index is 1.41. The van der Waals surface area contributed by atoms with E-state index in [0.717, 1.165) is 22.3 Å². The highest BCUT2D eigenvalue weighted by atomic mass is 16.5. The molecule has 1 heterocycles. The highest BCUT2D eigenvalue weighted by Gasteiger charge is 2.47. The van der Waals surface area contributed by atoms with Crippen molar-refractivity contribution < 1.29 is 24.2 Å². The number of carboxylic acid groups (broad SMARTS) is 1. The minimum absolute atomic E-state index is 0.0196. The van der Waals surface area contributed by atoms with Crippen LogP contribution in [0.4, 0.5) is 4.79 Å². The summed E-state index contributed by atoms with van der Waals surface area (Å²) in [5, 5.41) is 12.5. The zero-order valence-electron chi connectivity index (χ0n) is 17.3. The third-order valence-corrected chi connectivity index (χ3v) is 6.21. The van der Waals surface area contributed by atoms with Crippen LogP contribution in [0.1, 0.15) is 43.7 Å². The van der Waals surface area contributed by atoms with Gasteiger partial charge in [-0.2, -0.15) is 0 Å². The number of hydrogen-bond acceptors (Lipinski definition) is 4. The van der Waals surface area contributed by atoms with Gasteiger partial charge < -0.3 is 19.9 Å². The predicted octanol–water partition coefficient (Wildman–Crippen LogP) is 4.19. The number of carboxylic acids is 1. The van der Waals surface area contributed by atoms with Gasteiger partial charge in [-0.15, -0.1) is 0 Å². The van der Waals surface area contributed by atoms with Crippen molar-refractivity contribution in [3.63, 3.8) is 0 Å². The van der Waals surface area contributed by atoms with E-state index in [1.807, 2.05) is 38.1 Å². The highest BCUT2D eigenvalue weighted by molar-refractivity contribution is 5.79. The summed E-state index contributed by atoms with van der Waals surface area (Å²) in [6.07, 6.45) is 0.0933. The average Bonchev–Trinajstić information content (AvgIpc) is 3.04. The van der Waals surface area contributed by atoms with Gasteiger partial charge in [0.1, 0.15) is 6.61 Å². The topological polar surface area (TPSA) is 84.9 Å². The molecule has 2 N–H and O–H groups in total. The fourth-order valence-electron chi connectivity index (χ4n) is 4.78. The molecule has 158 valence electrons. The minimum Gasteiger partial charge on any atom is -0.481 e. The van der Waals surface area contributed by atoms with E-state index in [2.05, 4.69) is 29.6 Å². The van der Waals surface area contributed by atoms with Gasteiger partial charge >= 0.3 is 12.1 Å². The van der Waals surface area contributed by atoms with Crippen molar-refractivity contribution in [3.8, 4) is 11.1 Å². The molecule has 2 aromatic rings. The number of nitrogens with one attached hydrogen (secondary N) is 1. The SMILES string of the molecule is CC1(C)CC(CNC(=O)OCC2c3ccccc3-c3ccccc32)(C(=O)O)CCO1. The Morgan fingerprint density at radius 2 is 1.70 bits per heavy atom. The molecule has 1 fully saturated rings. The van der Waals surface area contributed by atoms with Crippen molar-refractivity contribution >= 4 is 12.1 Å². The summed E-state index contributed by atoms with van der Waals surface area (Å²) in [7, 11) is 0. The molecule has 0 saturated carbocycles. The number of alkyl carbamates (subject to hydrolysis) is 1. The summed E-state index contributed by atoms with van der Waals surface area (Å²) in [6, 6.07) is 16.3. The highest BCUT2D eigenvalue weighted by Crippen LogP contribution is 2.44. The summed E-state index contributed by atoms with van der Waals surface area (Å²) in [5.74, 6) is -0.948. The van der Waals surface area contributed by atoms with Gasteiger partial charge in [-0.1, -0.05) is 48.5 Å². The van der Waals surface area contributed by atoms with Crippen LogP contribution in [0, 0.1) is 5.41 Å². The first-order valence-electron chi connectivity index (χ1n) is 10.3. The van der Waals surface area contributed by atoms with E-state index in [1.165, 1.54) is 0 Å². The maximum Gasteiger partial charge on any atom is 0.407 e. The zero-order valence-corrected chi connectivity index (χ0v) is 17.3. The molecule has 0 aromatic heterocycles. The van der Waals surface area contributed by atoms with E-state index in [9.17, 15) is 14.7 Å². The summed E-state index contributed by atoms with van der Waals surface area (Å²) in [5.41, 5.74) is 3.01. The smallest absolute Gasteiger partial charge is 0.407 e. The minimum atomic E-state index is -1.05. The molecule has 30 heavy (non-hydrogen) atoms. The number of rotatable bonds is 5. The third kappa shape index (κ3) is 3.79. The van der Waals surface area contributed by atoms with Gasteiger partial charge in [0.15, 0.2) is 0 Å². The summed E-state index contributed by atoms with van der Waals surface area (Å²) in [4.78, 5) is 24.4. The molecule has 1 unspecified atom stereocenters. The monoisotopic (exact) mass is 409 g/mol. The number of fused-ring (bicyclic) bond motifs is 3. The molecular formula is C24H27NO5. The lowest BCUT2D eigenvalue weighted by molar-refractivity contribution is -0.166. The summed E-state index contributed by atoms with van der Waals surface area (Å²) < 4.78 is 11.2. The Hall–Kier alpha value is -2.86. The van der Waals surface area contributed by atoms with Crippen molar-refractivity contribution in [3.05, 3.63) is 59.7 Å². The average molecular weight is 409 g/mol. The number of hydrogen-bond donors (Lipinski definition) is 2. The molecule has 2 aromatic carbocycles. The fourth-order valence-corrected chi connectivity index (χ4v) is 4.78. The van der Waals surface area contributed by atoms with Gasteiger partial charge in [0.05, 0.1) is 11.0 Å². The number of carbonyl (C=O) groups is 2. The molecule has 0 spiro atoms. The Bertz CT molecular complexity index is 924. The number of benzene rings is 2. The number of amides is 1. The van der Waals surface area contributed by atoms with Crippen LogP contribution in [-0.2, 0) is 14.3 Å². The van der Waals surface area contributed by atoms with E-state index < -0.39 is 23.1 Å². The van der Waals surface area contributed by atoms with Gasteiger partial charge in [0, 0.05) is 19.1 Å². The van der Waals surface area contributed by atoms with Crippen LogP contribution in [0.3, 0.4) is 0 Å². The van der Waals surface area contributed by atoms with Crippen LogP contribution in [0.5, 0.6) is 0 Å². The summed E-state index contributed by atoms with van der Waals surface area (Å²) in [6.45, 7) is 4.32. The van der Waals surface area contributed by atoms with E-state index in [1.54, 1.807) is 0 Å². The van der Waals surface area contributed by atoms with Crippen molar-refractivity contribution in [2.75, 3.05) is 19.8 Å². The van der Waals surface area contributed by atoms with Crippen LogP contribution in [-0.4, -0.2) is 42.5 Å². The van der Waals surface area contributed by atoms with Crippen molar-refractivity contribution in [1.29, 1.82) is 0 Å². The van der Waals surface area contributed by atoms with Crippen molar-refractivity contribution in [2.24, 2.45) is 5.41 Å². The first kappa shape index (κ1) is 20.4.